The third kappa shape index (κ3) is 2.56. The fourth-order valence-corrected chi connectivity index (χ4v) is 4.24. The molecule has 136 valence electrons. The molecule has 28 heavy (non-hydrogen) atoms. The molecule has 2 aromatic carbocycles. The highest BCUT2D eigenvalue weighted by molar-refractivity contribution is 6.80. The molecule has 0 saturated carbocycles. The smallest absolute Gasteiger partial charge is 0.398 e. The molecule has 4 aromatic rings. The third-order valence-corrected chi connectivity index (χ3v) is 5.70. The zero-order valence-electron chi connectivity index (χ0n) is 16.4. The van der Waals surface area contributed by atoms with Crippen molar-refractivity contribution in [3.05, 3.63) is 84.0 Å². The molecule has 1 aliphatic heterocycles. The van der Waals surface area contributed by atoms with Crippen molar-refractivity contribution < 1.29 is 8.98 Å². The largest absolute Gasteiger partial charge is 0.441 e. The standard InChI is InChI=1S/C24H22BN2O/c1-17-16-26(2)23(15-21(17)18-9-5-4-6-10-18)25-14-13-20-19-11-7-8-12-22(19)28-24(20)27(25)3/h4-16H,1-3H3/q+1. The lowest BCUT2D eigenvalue weighted by molar-refractivity contribution is -0.654. The number of para-hydroxylation sites is 1. The maximum atomic E-state index is 6.20. The lowest BCUT2D eigenvalue weighted by Crippen LogP contribution is -2.60. The molecule has 1 aliphatic rings. The molecule has 0 radical (unpaired) electrons. The predicted octanol–water partition coefficient (Wildman–Crippen LogP) is 4.13. The van der Waals surface area contributed by atoms with E-state index >= 15 is 0 Å². The van der Waals surface area contributed by atoms with Crippen LogP contribution in [0.25, 0.3) is 28.2 Å². The van der Waals surface area contributed by atoms with Crippen LogP contribution in [0.4, 0.5) is 5.88 Å². The fraction of sp³-hybridized carbons (Fsp3) is 0.125. The summed E-state index contributed by atoms with van der Waals surface area (Å²) in [6.45, 7) is 2.28. The van der Waals surface area contributed by atoms with E-state index in [1.54, 1.807) is 0 Å². The van der Waals surface area contributed by atoms with Gasteiger partial charge in [-0.15, -0.1) is 0 Å². The summed E-state index contributed by atoms with van der Waals surface area (Å²) in [5.41, 5.74) is 7.11. The van der Waals surface area contributed by atoms with Gasteiger partial charge in [0.15, 0.2) is 17.7 Å². The van der Waals surface area contributed by atoms with Crippen molar-refractivity contribution >= 4 is 35.4 Å². The third-order valence-electron chi connectivity index (χ3n) is 5.70. The van der Waals surface area contributed by atoms with Crippen LogP contribution < -0.4 is 15.0 Å². The minimum absolute atomic E-state index is 0.112. The van der Waals surface area contributed by atoms with Crippen molar-refractivity contribution in [3.8, 4) is 11.1 Å². The van der Waals surface area contributed by atoms with E-state index in [1.165, 1.54) is 22.3 Å². The summed E-state index contributed by atoms with van der Waals surface area (Å²) in [7, 11) is 4.23. The summed E-state index contributed by atoms with van der Waals surface area (Å²) in [6, 6.07) is 21.1. The molecule has 0 amide bonds. The highest BCUT2D eigenvalue weighted by atomic mass is 16.4. The zero-order chi connectivity index (χ0) is 19.3. The van der Waals surface area contributed by atoms with Gasteiger partial charge in [-0.05, 0) is 31.2 Å². The first-order valence-corrected chi connectivity index (χ1v) is 9.61. The Bertz CT molecular complexity index is 1210. The molecular weight excluding hydrogens is 343 g/mol. The SMILES string of the molecule is Cc1c[n+](C)c(B2C=Cc3c(oc4ccccc34)N2C)cc1-c1ccccc1. The van der Waals surface area contributed by atoms with Crippen molar-refractivity contribution in [1.29, 1.82) is 0 Å². The van der Waals surface area contributed by atoms with Crippen LogP contribution in [0.5, 0.6) is 0 Å². The zero-order valence-corrected chi connectivity index (χ0v) is 16.4. The number of rotatable bonds is 2. The van der Waals surface area contributed by atoms with Crippen LogP contribution in [0.1, 0.15) is 11.1 Å². The summed E-state index contributed by atoms with van der Waals surface area (Å²) < 4.78 is 8.42. The first-order chi connectivity index (χ1) is 13.6. The normalized spacial score (nSPS) is 13.2. The van der Waals surface area contributed by atoms with Crippen LogP contribution >= 0.6 is 0 Å². The number of anilines is 1. The maximum Gasteiger partial charge on any atom is 0.398 e. The van der Waals surface area contributed by atoms with Gasteiger partial charge in [-0.25, -0.2) is 4.57 Å². The summed E-state index contributed by atoms with van der Waals surface area (Å²) in [5, 5.41) is 1.16. The summed E-state index contributed by atoms with van der Waals surface area (Å²) >= 11 is 0. The first kappa shape index (κ1) is 16.9. The van der Waals surface area contributed by atoms with Gasteiger partial charge in [0, 0.05) is 22.6 Å². The van der Waals surface area contributed by atoms with Crippen LogP contribution in [0, 0.1) is 6.92 Å². The molecule has 3 nitrogen and oxygen atoms in total. The van der Waals surface area contributed by atoms with Crippen LogP contribution in [-0.2, 0) is 7.05 Å². The number of pyridine rings is 1. The lowest BCUT2D eigenvalue weighted by atomic mass is 9.55. The van der Waals surface area contributed by atoms with Gasteiger partial charge in [-0.3, -0.25) is 0 Å². The van der Waals surface area contributed by atoms with E-state index in [2.05, 4.69) is 97.2 Å². The van der Waals surface area contributed by atoms with Crippen molar-refractivity contribution in [2.75, 3.05) is 11.9 Å². The summed E-state index contributed by atoms with van der Waals surface area (Å²) in [6.07, 6.45) is 4.42. The van der Waals surface area contributed by atoms with Gasteiger partial charge in [0.25, 0.3) is 0 Å². The number of furan rings is 1. The second-order valence-electron chi connectivity index (χ2n) is 7.50. The van der Waals surface area contributed by atoms with E-state index in [9.17, 15) is 0 Å². The Kier molecular flexibility index (Phi) is 3.87. The van der Waals surface area contributed by atoms with Gasteiger partial charge < -0.3 is 9.23 Å². The second kappa shape index (κ2) is 6.41. The number of benzene rings is 2. The highest BCUT2D eigenvalue weighted by Crippen LogP contribution is 2.36. The van der Waals surface area contributed by atoms with E-state index < -0.39 is 0 Å². The van der Waals surface area contributed by atoms with Crippen molar-refractivity contribution in [1.82, 2.24) is 0 Å². The Balaban J connectivity index is 1.62. The van der Waals surface area contributed by atoms with Crippen LogP contribution in [-0.4, -0.2) is 13.9 Å². The molecule has 0 unspecified atom stereocenters. The fourth-order valence-electron chi connectivity index (χ4n) is 4.24. The van der Waals surface area contributed by atoms with Gasteiger partial charge >= 0.3 is 6.85 Å². The molecule has 0 N–H and O–H groups in total. The molecule has 0 aliphatic carbocycles. The average molecular weight is 365 g/mol. The molecule has 0 fully saturated rings. The van der Waals surface area contributed by atoms with Crippen molar-refractivity contribution in [3.63, 3.8) is 0 Å². The monoisotopic (exact) mass is 365 g/mol. The quantitative estimate of drug-likeness (QED) is 0.393. The Morgan fingerprint density at radius 1 is 1.00 bits per heavy atom. The number of nitrogens with zero attached hydrogens (tertiary/aromatic N) is 2. The molecule has 3 heterocycles. The van der Waals surface area contributed by atoms with Gasteiger partial charge in [0.1, 0.15) is 12.6 Å². The maximum absolute atomic E-state index is 6.20. The van der Waals surface area contributed by atoms with Gasteiger partial charge in [0.2, 0.25) is 0 Å². The number of aryl methyl sites for hydroxylation is 2. The summed E-state index contributed by atoms with van der Waals surface area (Å²) in [4.78, 5) is 2.23. The average Bonchev–Trinajstić information content (AvgIpc) is 3.09. The van der Waals surface area contributed by atoms with Gasteiger partial charge in [0.05, 0.1) is 0 Å². The molecule has 5 rings (SSSR count). The van der Waals surface area contributed by atoms with Crippen LogP contribution in [0.2, 0.25) is 0 Å². The highest BCUT2D eigenvalue weighted by Gasteiger charge is 2.35. The number of hydrogen-bond acceptors (Lipinski definition) is 2. The Labute approximate surface area is 165 Å². The number of fused-ring (bicyclic) bond motifs is 3. The van der Waals surface area contributed by atoms with E-state index in [-0.39, 0.29) is 6.85 Å². The molecule has 2 aromatic heterocycles. The van der Waals surface area contributed by atoms with Crippen molar-refractivity contribution in [2.24, 2.45) is 7.05 Å². The van der Waals surface area contributed by atoms with E-state index in [1.807, 2.05) is 12.1 Å². The van der Waals surface area contributed by atoms with E-state index in [4.69, 9.17) is 4.42 Å². The Morgan fingerprint density at radius 3 is 2.57 bits per heavy atom. The number of aromatic nitrogens is 1. The van der Waals surface area contributed by atoms with Gasteiger partial charge in [-0.1, -0.05) is 60.6 Å². The van der Waals surface area contributed by atoms with E-state index in [0.29, 0.717) is 0 Å². The minimum atomic E-state index is 0.112. The first-order valence-electron chi connectivity index (χ1n) is 9.61. The lowest BCUT2D eigenvalue weighted by Gasteiger charge is -2.25. The Hall–Kier alpha value is -3.27. The topological polar surface area (TPSA) is 20.3 Å². The molecule has 0 saturated heterocycles. The summed E-state index contributed by atoms with van der Waals surface area (Å²) in [5.74, 6) is 3.19. The Morgan fingerprint density at radius 2 is 1.75 bits per heavy atom. The molecule has 0 bridgehead atoms. The molecule has 4 heteroatoms. The van der Waals surface area contributed by atoms with Crippen LogP contribution in [0.3, 0.4) is 0 Å². The number of hydrogen-bond donors (Lipinski definition) is 0. The minimum Gasteiger partial charge on any atom is -0.441 e. The van der Waals surface area contributed by atoms with Gasteiger partial charge in [-0.2, -0.15) is 0 Å². The van der Waals surface area contributed by atoms with E-state index in [0.717, 1.165) is 22.4 Å². The second-order valence-corrected chi connectivity index (χ2v) is 7.50. The van der Waals surface area contributed by atoms with Crippen LogP contribution in [0.15, 0.2) is 77.3 Å². The molecule has 0 atom stereocenters. The predicted molar refractivity (Wildman–Crippen MR) is 117 cm³/mol. The molecule has 0 spiro atoms. The van der Waals surface area contributed by atoms with Crippen molar-refractivity contribution in [2.45, 2.75) is 6.92 Å². The molecular formula is C24H22BN2O+.